The fraction of sp³-hybridized carbons (Fsp3) is 0.478. The number of thioether (sulfide) groups is 1. The first-order chi connectivity index (χ1) is 15.9. The zero-order chi connectivity index (χ0) is 23.1. The van der Waals surface area contributed by atoms with Gasteiger partial charge in [-0.3, -0.25) is 9.69 Å². The molecule has 2 aromatic rings. The zero-order valence-electron chi connectivity index (χ0n) is 18.9. The number of rotatable bonds is 5. The van der Waals surface area contributed by atoms with Gasteiger partial charge < -0.3 is 20.7 Å². The number of ether oxygens (including phenoxy) is 1. The van der Waals surface area contributed by atoms with Crippen molar-refractivity contribution in [1.82, 2.24) is 25.9 Å². The first-order valence-electron chi connectivity index (χ1n) is 11.3. The molecule has 9 nitrogen and oxygen atoms in total. The Kier molecular flexibility index (Phi) is 5.88. The minimum absolute atomic E-state index is 0.00903. The lowest BCUT2D eigenvalue weighted by Crippen LogP contribution is -2.52. The van der Waals surface area contributed by atoms with Crippen molar-refractivity contribution in [3.05, 3.63) is 35.7 Å². The number of nitrogens with zero attached hydrogens (tertiary/aromatic N) is 3. The van der Waals surface area contributed by atoms with Crippen LogP contribution in [0.5, 0.6) is 5.88 Å². The number of nitrogens with one attached hydrogen (secondary N) is 3. The molecule has 3 aliphatic heterocycles. The predicted octanol–water partition coefficient (Wildman–Crippen LogP) is 2.82. The molecule has 0 radical (unpaired) electrons. The van der Waals surface area contributed by atoms with Crippen molar-refractivity contribution < 1.29 is 14.3 Å². The van der Waals surface area contributed by atoms with E-state index in [2.05, 4.69) is 25.9 Å². The summed E-state index contributed by atoms with van der Waals surface area (Å²) in [6, 6.07) is 3.06. The number of carbonyl (C=O) groups is 2. The summed E-state index contributed by atoms with van der Waals surface area (Å²) in [6.07, 6.45) is 5.35. The van der Waals surface area contributed by atoms with Crippen molar-refractivity contribution >= 4 is 35.1 Å². The summed E-state index contributed by atoms with van der Waals surface area (Å²) in [6.45, 7) is 7.56. The lowest BCUT2D eigenvalue weighted by atomic mass is 9.99. The Morgan fingerprint density at radius 2 is 2.18 bits per heavy atom. The Morgan fingerprint density at radius 1 is 1.33 bits per heavy atom. The third kappa shape index (κ3) is 4.13. The first kappa shape index (κ1) is 22.0. The fourth-order valence-corrected chi connectivity index (χ4v) is 5.82. The van der Waals surface area contributed by atoms with E-state index >= 15 is 0 Å². The third-order valence-corrected chi connectivity index (χ3v) is 7.35. The highest BCUT2D eigenvalue weighted by Crippen LogP contribution is 2.50. The summed E-state index contributed by atoms with van der Waals surface area (Å²) in [7, 11) is 0. The summed E-state index contributed by atoms with van der Waals surface area (Å²) < 4.78 is 5.69. The van der Waals surface area contributed by atoms with E-state index in [0.717, 1.165) is 47.8 Å². The van der Waals surface area contributed by atoms with Crippen molar-refractivity contribution in [3.63, 3.8) is 0 Å². The maximum Gasteiger partial charge on any atom is 0.327 e. The van der Waals surface area contributed by atoms with Gasteiger partial charge in [0, 0.05) is 30.4 Å². The molecule has 3 N–H and O–H groups in total. The monoisotopic (exact) mass is 468 g/mol. The largest absolute Gasteiger partial charge is 0.475 e. The summed E-state index contributed by atoms with van der Waals surface area (Å²) in [5.41, 5.74) is 3.15. The fourth-order valence-electron chi connectivity index (χ4n) is 4.59. The van der Waals surface area contributed by atoms with Gasteiger partial charge in [0.25, 0.3) is 0 Å². The van der Waals surface area contributed by atoms with Crippen molar-refractivity contribution in [1.29, 1.82) is 0 Å². The van der Waals surface area contributed by atoms with Crippen LogP contribution in [0.2, 0.25) is 0 Å². The number of aromatic nitrogens is 2. The molecule has 0 bridgehead atoms. The zero-order valence-corrected chi connectivity index (χ0v) is 19.7. The number of anilines is 2. The number of urea groups is 1. The molecule has 2 unspecified atom stereocenters. The molecule has 0 aliphatic carbocycles. The van der Waals surface area contributed by atoms with Crippen LogP contribution in [0.3, 0.4) is 0 Å². The number of carbonyl (C=O) groups excluding carboxylic acids is 2. The molecule has 10 heteroatoms. The van der Waals surface area contributed by atoms with E-state index in [9.17, 15) is 9.59 Å². The highest BCUT2D eigenvalue weighted by Gasteiger charge is 2.47. The van der Waals surface area contributed by atoms with E-state index in [-0.39, 0.29) is 24.1 Å². The molecule has 1 fully saturated rings. The smallest absolute Gasteiger partial charge is 0.327 e. The number of pyridine rings is 2. The van der Waals surface area contributed by atoms with Crippen LogP contribution in [0.25, 0.3) is 0 Å². The Hall–Kier alpha value is -2.85. The van der Waals surface area contributed by atoms with Crippen LogP contribution in [-0.4, -0.2) is 52.4 Å². The minimum atomic E-state index is -0.456. The molecule has 3 aliphatic rings. The number of hydrogen-bond acceptors (Lipinski definition) is 7. The van der Waals surface area contributed by atoms with Crippen molar-refractivity contribution in [2.45, 2.75) is 62.1 Å². The quantitative estimate of drug-likeness (QED) is 0.619. The van der Waals surface area contributed by atoms with Crippen LogP contribution in [0, 0.1) is 6.92 Å². The van der Waals surface area contributed by atoms with Crippen LogP contribution in [0.4, 0.5) is 16.2 Å². The standard InChI is InChI=1S/C23H28N6O3S/c1-12(2)32-17-9-13(3)16(11-26-17)29-15-6-8-25-22-18(15)19(28-23(29)31)20(33-22)21(30)27-14-5-4-7-24-10-14/h6,8-9,11-12,14,19-20,24H,4-5,7,10H2,1-3H3,(H,27,30)(H,28,31)/t14?,19?,20-/m1/s1. The molecular formula is C23H28N6O3S. The van der Waals surface area contributed by atoms with Gasteiger partial charge in [0.2, 0.25) is 11.8 Å². The van der Waals surface area contributed by atoms with Gasteiger partial charge in [-0.1, -0.05) is 11.8 Å². The average Bonchev–Trinajstić information content (AvgIpc) is 3.15. The molecule has 3 amide bonds. The van der Waals surface area contributed by atoms with Gasteiger partial charge in [0.05, 0.1) is 29.7 Å². The molecule has 3 atom stereocenters. The van der Waals surface area contributed by atoms with Crippen molar-refractivity contribution in [2.24, 2.45) is 0 Å². The molecule has 0 aromatic carbocycles. The van der Waals surface area contributed by atoms with E-state index in [1.807, 2.05) is 32.9 Å². The van der Waals surface area contributed by atoms with E-state index in [4.69, 9.17) is 4.74 Å². The van der Waals surface area contributed by atoms with Gasteiger partial charge in [0.15, 0.2) is 0 Å². The summed E-state index contributed by atoms with van der Waals surface area (Å²) >= 11 is 1.41. The Balaban J connectivity index is 1.44. The second kappa shape index (κ2) is 8.83. The van der Waals surface area contributed by atoms with Crippen molar-refractivity contribution in [2.75, 3.05) is 18.0 Å². The molecule has 5 heterocycles. The van der Waals surface area contributed by atoms with Gasteiger partial charge in [-0.2, -0.15) is 0 Å². The molecule has 0 saturated carbocycles. The van der Waals surface area contributed by atoms with Crippen LogP contribution in [-0.2, 0) is 4.79 Å². The van der Waals surface area contributed by atoms with E-state index in [1.165, 1.54) is 11.8 Å². The van der Waals surface area contributed by atoms with Gasteiger partial charge in [-0.25, -0.2) is 14.8 Å². The number of amides is 3. The minimum Gasteiger partial charge on any atom is -0.475 e. The molecule has 1 saturated heterocycles. The normalized spacial score (nSPS) is 23.8. The second-order valence-corrected chi connectivity index (χ2v) is 10.0. The topological polar surface area (TPSA) is 108 Å². The SMILES string of the molecule is Cc1cc(OC(C)C)ncc1N1C(=O)NC2c3c1ccnc3S[C@H]2C(=O)NC1CCCNC1. The summed E-state index contributed by atoms with van der Waals surface area (Å²) in [5.74, 6) is 0.454. The summed E-state index contributed by atoms with van der Waals surface area (Å²) in [5, 5.41) is 9.84. The summed E-state index contributed by atoms with van der Waals surface area (Å²) in [4.78, 5) is 37.0. The van der Waals surface area contributed by atoms with Crippen LogP contribution < -0.4 is 25.6 Å². The Morgan fingerprint density at radius 3 is 2.91 bits per heavy atom. The third-order valence-electron chi connectivity index (χ3n) is 6.06. The highest BCUT2D eigenvalue weighted by atomic mass is 32.2. The molecule has 33 heavy (non-hydrogen) atoms. The predicted molar refractivity (Wildman–Crippen MR) is 126 cm³/mol. The number of piperidine rings is 1. The molecule has 0 spiro atoms. The van der Waals surface area contributed by atoms with E-state index in [1.54, 1.807) is 17.3 Å². The van der Waals surface area contributed by atoms with Gasteiger partial charge >= 0.3 is 6.03 Å². The Bertz CT molecular complexity index is 1090. The average molecular weight is 469 g/mol. The highest BCUT2D eigenvalue weighted by molar-refractivity contribution is 8.01. The van der Waals surface area contributed by atoms with E-state index in [0.29, 0.717) is 11.6 Å². The van der Waals surface area contributed by atoms with Gasteiger partial charge in [0.1, 0.15) is 10.3 Å². The molecular weight excluding hydrogens is 440 g/mol. The van der Waals surface area contributed by atoms with Gasteiger partial charge in [-0.05, 0) is 51.8 Å². The van der Waals surface area contributed by atoms with Crippen LogP contribution in [0.15, 0.2) is 29.6 Å². The van der Waals surface area contributed by atoms with Crippen molar-refractivity contribution in [3.8, 4) is 5.88 Å². The maximum atomic E-state index is 13.3. The van der Waals surface area contributed by atoms with Gasteiger partial charge in [-0.15, -0.1) is 0 Å². The van der Waals surface area contributed by atoms with Crippen LogP contribution in [0.1, 0.15) is 43.9 Å². The number of hydrogen-bond donors (Lipinski definition) is 3. The number of aryl methyl sites for hydroxylation is 1. The lowest BCUT2D eigenvalue weighted by Gasteiger charge is -2.35. The lowest BCUT2D eigenvalue weighted by molar-refractivity contribution is -0.121. The van der Waals surface area contributed by atoms with E-state index < -0.39 is 11.3 Å². The molecule has 2 aromatic heterocycles. The molecule has 5 rings (SSSR count). The Labute approximate surface area is 197 Å². The first-order valence-corrected chi connectivity index (χ1v) is 12.2. The second-order valence-electron chi connectivity index (χ2n) is 8.88. The maximum absolute atomic E-state index is 13.3. The van der Waals surface area contributed by atoms with Crippen LogP contribution >= 0.6 is 11.8 Å². The molecule has 174 valence electrons.